The van der Waals surface area contributed by atoms with Gasteiger partial charge in [-0.05, 0) is 19.1 Å². The highest BCUT2D eigenvalue weighted by Gasteiger charge is 2.17. The van der Waals surface area contributed by atoms with E-state index in [2.05, 4.69) is 4.74 Å². The van der Waals surface area contributed by atoms with Crippen LogP contribution in [0.15, 0.2) is 30.3 Å². The molecule has 0 heterocycles. The molecule has 0 amide bonds. The molecule has 1 aromatic rings. The monoisotopic (exact) mass is 224 g/mol. The summed E-state index contributed by atoms with van der Waals surface area (Å²) in [6.45, 7) is 0.846. The van der Waals surface area contributed by atoms with Crippen LogP contribution < -0.4 is 4.74 Å². The van der Waals surface area contributed by atoms with Crippen LogP contribution in [0.1, 0.15) is 6.92 Å². The first-order valence-electron chi connectivity index (χ1n) is 4.69. The second-order valence-corrected chi connectivity index (χ2v) is 3.07. The number of benzene rings is 1. The summed E-state index contributed by atoms with van der Waals surface area (Å²) in [7, 11) is 0. The van der Waals surface area contributed by atoms with Crippen LogP contribution >= 0.6 is 0 Å². The molecule has 86 valence electrons. The molecule has 0 aromatic heterocycles. The topological polar surface area (TPSA) is 72.8 Å². The minimum Gasteiger partial charge on any atom is -0.479 e. The molecule has 1 atom stereocenters. The quantitative estimate of drug-likeness (QED) is 0.757. The summed E-state index contributed by atoms with van der Waals surface area (Å²) in [5.74, 6) is -1.37. The van der Waals surface area contributed by atoms with E-state index in [1.807, 2.05) is 6.07 Å². The number of carbonyl (C=O) groups excluding carboxylic acids is 1. The lowest BCUT2D eigenvalue weighted by Gasteiger charge is -2.12. The van der Waals surface area contributed by atoms with E-state index in [0.717, 1.165) is 0 Å². The summed E-state index contributed by atoms with van der Waals surface area (Å²) in [5.41, 5.74) is 0. The van der Waals surface area contributed by atoms with Gasteiger partial charge in [0, 0.05) is 0 Å². The molecule has 1 aromatic carbocycles. The molecule has 1 unspecified atom stereocenters. The van der Waals surface area contributed by atoms with Crippen LogP contribution in [0.25, 0.3) is 0 Å². The molecule has 0 bridgehead atoms. The largest absolute Gasteiger partial charge is 0.479 e. The summed E-state index contributed by atoms with van der Waals surface area (Å²) in [6, 6.07) is 8.75. The third-order valence-corrected chi connectivity index (χ3v) is 1.73. The molecule has 16 heavy (non-hydrogen) atoms. The minimum atomic E-state index is -1.19. The molecular formula is C11H12O5. The standard InChI is InChI=1S/C11H12O5/c1-8(11(14)15-7-10(12)13)16-9-5-3-2-4-6-9/h2-6,8H,7H2,1H3,(H,12,13). The summed E-state index contributed by atoms with van der Waals surface area (Å²) < 4.78 is 9.71. The number of hydrogen-bond acceptors (Lipinski definition) is 4. The van der Waals surface area contributed by atoms with Gasteiger partial charge in [0.25, 0.3) is 0 Å². The van der Waals surface area contributed by atoms with Gasteiger partial charge in [-0.2, -0.15) is 0 Å². The summed E-state index contributed by atoms with van der Waals surface area (Å²) >= 11 is 0. The number of para-hydroxylation sites is 1. The normalized spacial score (nSPS) is 11.6. The van der Waals surface area contributed by atoms with Crippen LogP contribution in [0.5, 0.6) is 5.75 Å². The predicted molar refractivity (Wildman–Crippen MR) is 55.1 cm³/mol. The molecule has 0 fully saturated rings. The van der Waals surface area contributed by atoms with Gasteiger partial charge in [-0.3, -0.25) is 0 Å². The van der Waals surface area contributed by atoms with Gasteiger partial charge in [-0.1, -0.05) is 18.2 Å². The Morgan fingerprint density at radius 3 is 2.50 bits per heavy atom. The Bertz CT molecular complexity index is 360. The second kappa shape index (κ2) is 5.75. The number of aliphatic carboxylic acids is 1. The van der Waals surface area contributed by atoms with Crippen molar-refractivity contribution < 1.29 is 24.2 Å². The molecule has 1 rings (SSSR count). The van der Waals surface area contributed by atoms with Gasteiger partial charge in [-0.25, -0.2) is 9.59 Å². The van der Waals surface area contributed by atoms with Crippen molar-refractivity contribution in [2.45, 2.75) is 13.0 Å². The fraction of sp³-hybridized carbons (Fsp3) is 0.273. The lowest BCUT2D eigenvalue weighted by Crippen LogP contribution is -2.28. The van der Waals surface area contributed by atoms with Crippen molar-refractivity contribution in [3.8, 4) is 5.75 Å². The second-order valence-electron chi connectivity index (χ2n) is 3.07. The number of rotatable bonds is 5. The number of hydrogen-bond donors (Lipinski definition) is 1. The van der Waals surface area contributed by atoms with E-state index >= 15 is 0 Å². The Balaban J connectivity index is 2.43. The number of carbonyl (C=O) groups is 2. The highest BCUT2D eigenvalue weighted by atomic mass is 16.6. The van der Waals surface area contributed by atoms with E-state index < -0.39 is 24.6 Å². The first-order chi connectivity index (χ1) is 7.59. The van der Waals surface area contributed by atoms with Crippen LogP contribution in [0.4, 0.5) is 0 Å². The predicted octanol–water partition coefficient (Wildman–Crippen LogP) is 1.08. The van der Waals surface area contributed by atoms with E-state index in [0.29, 0.717) is 5.75 Å². The molecule has 0 spiro atoms. The van der Waals surface area contributed by atoms with Crippen molar-refractivity contribution in [3.05, 3.63) is 30.3 Å². The van der Waals surface area contributed by atoms with Crippen LogP contribution in [-0.4, -0.2) is 29.8 Å². The third kappa shape index (κ3) is 4.00. The van der Waals surface area contributed by atoms with Gasteiger partial charge in [0.1, 0.15) is 5.75 Å². The zero-order valence-electron chi connectivity index (χ0n) is 8.75. The maximum Gasteiger partial charge on any atom is 0.347 e. The molecule has 0 aliphatic carbocycles. The van der Waals surface area contributed by atoms with Crippen LogP contribution in [-0.2, 0) is 14.3 Å². The molecule has 0 aliphatic heterocycles. The third-order valence-electron chi connectivity index (χ3n) is 1.73. The van der Waals surface area contributed by atoms with Crippen molar-refractivity contribution in [2.75, 3.05) is 6.61 Å². The maximum absolute atomic E-state index is 11.2. The zero-order valence-corrected chi connectivity index (χ0v) is 8.75. The van der Waals surface area contributed by atoms with Crippen molar-refractivity contribution in [3.63, 3.8) is 0 Å². The van der Waals surface area contributed by atoms with Gasteiger partial charge in [0.15, 0.2) is 12.7 Å². The Kier molecular flexibility index (Phi) is 4.32. The first-order valence-corrected chi connectivity index (χ1v) is 4.69. The van der Waals surface area contributed by atoms with Gasteiger partial charge in [0.05, 0.1) is 0 Å². The van der Waals surface area contributed by atoms with E-state index in [-0.39, 0.29) is 0 Å². The van der Waals surface area contributed by atoms with Crippen LogP contribution in [0.2, 0.25) is 0 Å². The molecule has 5 nitrogen and oxygen atoms in total. The summed E-state index contributed by atoms with van der Waals surface area (Å²) in [5, 5.41) is 8.32. The Morgan fingerprint density at radius 2 is 1.94 bits per heavy atom. The number of esters is 1. The molecule has 0 aliphatic rings. The fourth-order valence-electron chi connectivity index (χ4n) is 1.00. The molecule has 1 N–H and O–H groups in total. The van der Waals surface area contributed by atoms with E-state index in [9.17, 15) is 9.59 Å². The number of carboxylic acid groups (broad SMARTS) is 1. The summed E-state index contributed by atoms with van der Waals surface area (Å²) in [6.07, 6.45) is -0.832. The minimum absolute atomic E-state index is 0.530. The highest BCUT2D eigenvalue weighted by Crippen LogP contribution is 2.11. The Morgan fingerprint density at radius 1 is 1.31 bits per heavy atom. The van der Waals surface area contributed by atoms with Gasteiger partial charge in [-0.15, -0.1) is 0 Å². The fourth-order valence-corrected chi connectivity index (χ4v) is 1.00. The van der Waals surface area contributed by atoms with Crippen LogP contribution in [0.3, 0.4) is 0 Å². The Labute approximate surface area is 92.6 Å². The average molecular weight is 224 g/mol. The van der Waals surface area contributed by atoms with Gasteiger partial charge < -0.3 is 14.6 Å². The highest BCUT2D eigenvalue weighted by molar-refractivity contribution is 5.78. The first kappa shape index (κ1) is 12.0. The van der Waals surface area contributed by atoms with E-state index in [4.69, 9.17) is 9.84 Å². The summed E-state index contributed by atoms with van der Waals surface area (Å²) in [4.78, 5) is 21.4. The molecule has 0 radical (unpaired) electrons. The van der Waals surface area contributed by atoms with Crippen LogP contribution in [0, 0.1) is 0 Å². The van der Waals surface area contributed by atoms with Gasteiger partial charge >= 0.3 is 11.9 Å². The number of ether oxygens (including phenoxy) is 2. The average Bonchev–Trinajstić information content (AvgIpc) is 2.27. The van der Waals surface area contributed by atoms with Crippen molar-refractivity contribution in [2.24, 2.45) is 0 Å². The molecule has 0 saturated heterocycles. The SMILES string of the molecule is CC(Oc1ccccc1)C(=O)OCC(=O)O. The molecule has 5 heteroatoms. The zero-order chi connectivity index (χ0) is 12.0. The molecule has 0 saturated carbocycles. The van der Waals surface area contributed by atoms with Gasteiger partial charge in [0.2, 0.25) is 0 Å². The van der Waals surface area contributed by atoms with Crippen molar-refractivity contribution >= 4 is 11.9 Å². The number of carboxylic acids is 1. The smallest absolute Gasteiger partial charge is 0.347 e. The van der Waals surface area contributed by atoms with E-state index in [1.165, 1.54) is 6.92 Å². The maximum atomic E-state index is 11.2. The van der Waals surface area contributed by atoms with Crippen molar-refractivity contribution in [1.29, 1.82) is 0 Å². The molecular weight excluding hydrogens is 212 g/mol. The Hall–Kier alpha value is -2.04. The van der Waals surface area contributed by atoms with E-state index in [1.54, 1.807) is 24.3 Å². The van der Waals surface area contributed by atoms with Crippen molar-refractivity contribution in [1.82, 2.24) is 0 Å². The lowest BCUT2D eigenvalue weighted by atomic mass is 10.3. The lowest BCUT2D eigenvalue weighted by molar-refractivity contribution is -0.159.